The van der Waals surface area contributed by atoms with Crippen molar-refractivity contribution < 1.29 is 9.59 Å². The van der Waals surface area contributed by atoms with Gasteiger partial charge in [-0.3, -0.25) is 9.59 Å². The fourth-order valence-electron chi connectivity index (χ4n) is 1.92. The van der Waals surface area contributed by atoms with Gasteiger partial charge in [-0.1, -0.05) is 30.3 Å². The van der Waals surface area contributed by atoms with Crippen molar-refractivity contribution in [2.24, 2.45) is 0 Å². The van der Waals surface area contributed by atoms with Crippen LogP contribution in [0, 0.1) is 0 Å². The summed E-state index contributed by atoms with van der Waals surface area (Å²) in [6.07, 6.45) is 2.46. The average Bonchev–Trinajstić information content (AvgIpc) is 2.34. The lowest BCUT2D eigenvalue weighted by atomic mass is 9.96. The maximum absolute atomic E-state index is 11.7. The van der Waals surface area contributed by atoms with Crippen molar-refractivity contribution in [1.29, 1.82) is 0 Å². The highest BCUT2D eigenvalue weighted by Gasteiger charge is 2.28. The molecule has 4 heteroatoms. The van der Waals surface area contributed by atoms with E-state index in [0.29, 0.717) is 6.42 Å². The number of benzene rings is 1. The minimum Gasteiger partial charge on any atom is -0.345 e. The number of rotatable bonds is 3. The van der Waals surface area contributed by atoms with Gasteiger partial charge in [-0.2, -0.15) is 0 Å². The zero-order chi connectivity index (χ0) is 12.3. The molecule has 4 nitrogen and oxygen atoms in total. The van der Waals surface area contributed by atoms with Gasteiger partial charge >= 0.3 is 0 Å². The summed E-state index contributed by atoms with van der Waals surface area (Å²) in [6.45, 7) is 3.74. The van der Waals surface area contributed by atoms with E-state index in [4.69, 9.17) is 0 Å². The fourth-order valence-corrected chi connectivity index (χ4v) is 1.92. The second kappa shape index (κ2) is 4.82. The number of carbonyl (C=O) groups is 2. The number of allylic oxidation sites excluding steroid dienone is 1. The number of hydrogen-bond acceptors (Lipinski definition) is 2. The molecule has 1 unspecified atom stereocenters. The Kier molecular flexibility index (Phi) is 3.23. The monoisotopic (exact) mass is 230 g/mol. The highest BCUT2D eigenvalue weighted by atomic mass is 16.2. The predicted octanol–water partition coefficient (Wildman–Crippen LogP) is 0.702. The summed E-state index contributed by atoms with van der Waals surface area (Å²) in [4.78, 5) is 23.1. The molecule has 0 aromatic heterocycles. The van der Waals surface area contributed by atoms with Crippen molar-refractivity contribution in [1.82, 2.24) is 10.6 Å². The lowest BCUT2D eigenvalue weighted by Gasteiger charge is -2.25. The minimum absolute atomic E-state index is 0.0545. The molecular weight excluding hydrogens is 216 g/mol. The maximum Gasteiger partial charge on any atom is 0.247 e. The van der Waals surface area contributed by atoms with Crippen LogP contribution in [0.25, 0.3) is 0 Å². The Morgan fingerprint density at radius 3 is 2.88 bits per heavy atom. The van der Waals surface area contributed by atoms with E-state index in [-0.39, 0.29) is 18.4 Å². The first-order valence-electron chi connectivity index (χ1n) is 5.48. The minimum atomic E-state index is -0.590. The number of nitrogens with one attached hydrogen (secondary N) is 2. The van der Waals surface area contributed by atoms with E-state index >= 15 is 0 Å². The largest absolute Gasteiger partial charge is 0.345 e. The van der Waals surface area contributed by atoms with Crippen molar-refractivity contribution in [3.63, 3.8) is 0 Å². The number of hydrogen-bond donors (Lipinski definition) is 2. The summed E-state index contributed by atoms with van der Waals surface area (Å²) in [5.41, 5.74) is 1.84. The Morgan fingerprint density at radius 2 is 2.12 bits per heavy atom. The Bertz CT molecular complexity index is 468. The second-order valence-corrected chi connectivity index (χ2v) is 3.91. The zero-order valence-electron chi connectivity index (χ0n) is 9.40. The number of piperazine rings is 1. The Morgan fingerprint density at radius 1 is 1.35 bits per heavy atom. The quantitative estimate of drug-likeness (QED) is 0.751. The molecule has 1 aromatic carbocycles. The van der Waals surface area contributed by atoms with Crippen LogP contribution >= 0.6 is 0 Å². The third-order valence-electron chi connectivity index (χ3n) is 2.72. The van der Waals surface area contributed by atoms with Crippen LogP contribution in [0.4, 0.5) is 0 Å². The molecule has 1 heterocycles. The predicted molar refractivity (Wildman–Crippen MR) is 64.2 cm³/mol. The highest BCUT2D eigenvalue weighted by molar-refractivity contribution is 5.95. The van der Waals surface area contributed by atoms with Gasteiger partial charge in [0.25, 0.3) is 0 Å². The van der Waals surface area contributed by atoms with Crippen molar-refractivity contribution in [2.75, 3.05) is 6.54 Å². The zero-order valence-corrected chi connectivity index (χ0v) is 9.40. The van der Waals surface area contributed by atoms with E-state index in [9.17, 15) is 9.59 Å². The molecule has 1 atom stereocenters. The average molecular weight is 230 g/mol. The smallest absolute Gasteiger partial charge is 0.247 e. The van der Waals surface area contributed by atoms with Gasteiger partial charge in [0.2, 0.25) is 11.8 Å². The van der Waals surface area contributed by atoms with E-state index in [1.54, 1.807) is 6.08 Å². The van der Waals surface area contributed by atoms with Crippen LogP contribution in [0.15, 0.2) is 36.9 Å². The van der Waals surface area contributed by atoms with Crippen molar-refractivity contribution in [2.45, 2.75) is 12.5 Å². The molecule has 2 rings (SSSR count). The van der Waals surface area contributed by atoms with Crippen LogP contribution in [-0.2, 0) is 16.0 Å². The Balaban J connectivity index is 2.34. The maximum atomic E-state index is 11.7. The van der Waals surface area contributed by atoms with Crippen LogP contribution in [0.1, 0.15) is 17.2 Å². The third kappa shape index (κ3) is 2.36. The Labute approximate surface area is 99.7 Å². The molecule has 1 aliphatic heterocycles. The first kappa shape index (κ1) is 11.4. The molecule has 88 valence electrons. The molecule has 2 amide bonds. The summed E-state index contributed by atoms with van der Waals surface area (Å²) >= 11 is 0. The molecular formula is C13H14N2O2. The highest BCUT2D eigenvalue weighted by Crippen LogP contribution is 2.20. The Hall–Kier alpha value is -2.10. The first-order chi connectivity index (χ1) is 8.22. The summed E-state index contributed by atoms with van der Waals surface area (Å²) in [5.74, 6) is -0.330. The van der Waals surface area contributed by atoms with Gasteiger partial charge in [-0.05, 0) is 17.5 Å². The number of amides is 2. The van der Waals surface area contributed by atoms with Gasteiger partial charge in [0, 0.05) is 0 Å². The molecule has 1 fully saturated rings. The van der Waals surface area contributed by atoms with E-state index < -0.39 is 6.04 Å². The lowest BCUT2D eigenvalue weighted by Crippen LogP contribution is -2.51. The molecule has 1 saturated heterocycles. The molecule has 0 radical (unpaired) electrons. The van der Waals surface area contributed by atoms with E-state index in [0.717, 1.165) is 11.1 Å². The van der Waals surface area contributed by atoms with Crippen LogP contribution in [0.2, 0.25) is 0 Å². The summed E-state index contributed by atoms with van der Waals surface area (Å²) in [5, 5.41) is 5.27. The fraction of sp³-hybridized carbons (Fsp3) is 0.231. The van der Waals surface area contributed by atoms with Crippen LogP contribution in [0.3, 0.4) is 0 Å². The van der Waals surface area contributed by atoms with Crippen molar-refractivity contribution in [3.8, 4) is 0 Å². The van der Waals surface area contributed by atoms with E-state index in [1.807, 2.05) is 24.3 Å². The second-order valence-electron chi connectivity index (χ2n) is 3.91. The summed E-state index contributed by atoms with van der Waals surface area (Å²) < 4.78 is 0. The molecule has 2 N–H and O–H groups in total. The van der Waals surface area contributed by atoms with Gasteiger partial charge in [0.05, 0.1) is 6.54 Å². The SMILES string of the molecule is C=CCc1ccccc1C1NC(=O)CNC1=O. The molecule has 17 heavy (non-hydrogen) atoms. The van der Waals surface area contributed by atoms with Crippen molar-refractivity contribution >= 4 is 11.8 Å². The molecule has 0 aliphatic carbocycles. The van der Waals surface area contributed by atoms with Crippen LogP contribution < -0.4 is 10.6 Å². The standard InChI is InChI=1S/C13H14N2O2/c1-2-5-9-6-3-4-7-10(9)12-13(17)14-8-11(16)15-12/h2-4,6-7,12H,1,5,8H2,(H,14,17)(H,15,16). The lowest BCUT2D eigenvalue weighted by molar-refractivity contribution is -0.133. The van der Waals surface area contributed by atoms with Gasteiger partial charge in [0.15, 0.2) is 0 Å². The van der Waals surface area contributed by atoms with Gasteiger partial charge in [-0.15, -0.1) is 6.58 Å². The number of carbonyl (C=O) groups excluding carboxylic acids is 2. The van der Waals surface area contributed by atoms with Gasteiger partial charge in [0.1, 0.15) is 6.04 Å². The molecule has 1 aromatic rings. The molecule has 1 aliphatic rings. The summed E-state index contributed by atoms with van der Waals surface area (Å²) in [6, 6.07) is 6.97. The van der Waals surface area contributed by atoms with Gasteiger partial charge in [-0.25, -0.2) is 0 Å². The van der Waals surface area contributed by atoms with Gasteiger partial charge < -0.3 is 10.6 Å². The third-order valence-corrected chi connectivity index (χ3v) is 2.72. The molecule has 0 spiro atoms. The van der Waals surface area contributed by atoms with E-state index in [2.05, 4.69) is 17.2 Å². The molecule has 0 saturated carbocycles. The van der Waals surface area contributed by atoms with Crippen LogP contribution in [-0.4, -0.2) is 18.4 Å². The topological polar surface area (TPSA) is 58.2 Å². The molecule has 0 bridgehead atoms. The van der Waals surface area contributed by atoms with Crippen molar-refractivity contribution in [3.05, 3.63) is 48.0 Å². The van der Waals surface area contributed by atoms with E-state index in [1.165, 1.54) is 0 Å². The summed E-state index contributed by atoms with van der Waals surface area (Å²) in [7, 11) is 0. The van der Waals surface area contributed by atoms with Crippen LogP contribution in [0.5, 0.6) is 0 Å². The first-order valence-corrected chi connectivity index (χ1v) is 5.48. The normalized spacial score (nSPS) is 19.4.